The van der Waals surface area contributed by atoms with Crippen LogP contribution in [0, 0.1) is 11.8 Å². The number of benzene rings is 2. The molecule has 2 atom stereocenters. The SMILES string of the molecule is CCCOc1ccc(/C(=C/CN2CCC3CCC(C3)C2)c2ccccc2)cc1.Cl. The topological polar surface area (TPSA) is 12.5 Å². The lowest BCUT2D eigenvalue weighted by atomic mass is 9.97. The fourth-order valence-corrected chi connectivity index (χ4v) is 4.79. The van der Waals surface area contributed by atoms with E-state index < -0.39 is 0 Å². The highest BCUT2D eigenvalue weighted by atomic mass is 35.5. The Bertz CT molecular complexity index is 771. The summed E-state index contributed by atoms with van der Waals surface area (Å²) in [6.07, 6.45) is 9.23. The van der Waals surface area contributed by atoms with Crippen LogP contribution >= 0.6 is 12.4 Å². The van der Waals surface area contributed by atoms with E-state index in [-0.39, 0.29) is 12.4 Å². The minimum atomic E-state index is 0. The summed E-state index contributed by atoms with van der Waals surface area (Å²) in [7, 11) is 0. The second kappa shape index (κ2) is 10.8. The van der Waals surface area contributed by atoms with Crippen molar-refractivity contribution in [2.45, 2.75) is 39.0 Å². The third-order valence-corrected chi connectivity index (χ3v) is 6.30. The predicted molar refractivity (Wildman–Crippen MR) is 125 cm³/mol. The molecule has 2 unspecified atom stereocenters. The van der Waals surface area contributed by atoms with Crippen molar-refractivity contribution in [2.24, 2.45) is 11.8 Å². The number of nitrogens with zero attached hydrogens (tertiary/aromatic N) is 1. The number of fused-ring (bicyclic) bond motifs is 2. The van der Waals surface area contributed by atoms with Crippen LogP contribution in [0.4, 0.5) is 0 Å². The van der Waals surface area contributed by atoms with Crippen molar-refractivity contribution in [1.29, 1.82) is 0 Å². The van der Waals surface area contributed by atoms with Gasteiger partial charge in [-0.05, 0) is 72.9 Å². The lowest BCUT2D eigenvalue weighted by Gasteiger charge is -2.23. The van der Waals surface area contributed by atoms with E-state index in [2.05, 4.69) is 72.5 Å². The summed E-state index contributed by atoms with van der Waals surface area (Å²) in [4.78, 5) is 2.67. The van der Waals surface area contributed by atoms with Crippen molar-refractivity contribution in [2.75, 3.05) is 26.2 Å². The summed E-state index contributed by atoms with van der Waals surface area (Å²) in [6, 6.07) is 19.4. The minimum absolute atomic E-state index is 0. The summed E-state index contributed by atoms with van der Waals surface area (Å²) in [5, 5.41) is 0. The zero-order valence-electron chi connectivity index (χ0n) is 17.6. The highest BCUT2D eigenvalue weighted by Gasteiger charge is 2.29. The first kappa shape index (κ1) is 21.9. The molecule has 1 saturated heterocycles. The maximum absolute atomic E-state index is 5.77. The normalized spacial score (nSPS) is 22.0. The van der Waals surface area contributed by atoms with Crippen LogP contribution in [-0.4, -0.2) is 31.1 Å². The van der Waals surface area contributed by atoms with E-state index in [1.54, 1.807) is 0 Å². The van der Waals surface area contributed by atoms with Gasteiger partial charge in [0.1, 0.15) is 5.75 Å². The van der Waals surface area contributed by atoms with E-state index in [0.29, 0.717) is 0 Å². The lowest BCUT2D eigenvalue weighted by Crippen LogP contribution is -2.29. The standard InChI is InChI=1S/C26H33NO.ClH/c1-2-18-28-25-12-10-24(11-13-25)26(23-6-4-3-5-7-23)15-17-27-16-14-21-8-9-22(19-21)20-27;/h3-7,10-13,15,21-22H,2,8-9,14,16-20H2,1H3;1H/b26-15+;. The van der Waals surface area contributed by atoms with E-state index in [0.717, 1.165) is 37.2 Å². The Kier molecular flexibility index (Phi) is 8.20. The van der Waals surface area contributed by atoms with Crippen molar-refractivity contribution in [1.82, 2.24) is 4.90 Å². The second-order valence-corrected chi connectivity index (χ2v) is 8.45. The molecule has 156 valence electrons. The van der Waals surface area contributed by atoms with Crippen LogP contribution in [0.3, 0.4) is 0 Å². The molecule has 4 rings (SSSR count). The van der Waals surface area contributed by atoms with Crippen LogP contribution in [0.2, 0.25) is 0 Å². The van der Waals surface area contributed by atoms with E-state index in [1.807, 2.05) is 0 Å². The monoisotopic (exact) mass is 411 g/mol. The Labute approximate surface area is 182 Å². The first-order valence-corrected chi connectivity index (χ1v) is 11.0. The van der Waals surface area contributed by atoms with Gasteiger partial charge in [0.2, 0.25) is 0 Å². The first-order chi connectivity index (χ1) is 13.8. The molecule has 2 aromatic rings. The Morgan fingerprint density at radius 2 is 1.69 bits per heavy atom. The highest BCUT2D eigenvalue weighted by molar-refractivity contribution is 5.85. The van der Waals surface area contributed by atoms with Gasteiger partial charge < -0.3 is 4.74 Å². The molecule has 1 aliphatic carbocycles. The van der Waals surface area contributed by atoms with E-state index in [4.69, 9.17) is 4.74 Å². The lowest BCUT2D eigenvalue weighted by molar-refractivity contribution is 0.260. The molecule has 0 spiro atoms. The smallest absolute Gasteiger partial charge is 0.119 e. The highest BCUT2D eigenvalue weighted by Crippen LogP contribution is 2.36. The molecular formula is C26H34ClNO. The molecule has 2 aromatic carbocycles. The molecule has 0 amide bonds. The quantitative estimate of drug-likeness (QED) is 0.519. The average molecular weight is 412 g/mol. The number of rotatable bonds is 7. The zero-order valence-corrected chi connectivity index (χ0v) is 18.4. The Morgan fingerprint density at radius 1 is 0.966 bits per heavy atom. The largest absolute Gasteiger partial charge is 0.494 e. The second-order valence-electron chi connectivity index (χ2n) is 8.45. The van der Waals surface area contributed by atoms with E-state index >= 15 is 0 Å². The number of likely N-dealkylation sites (tertiary alicyclic amines) is 1. The Morgan fingerprint density at radius 3 is 2.45 bits per heavy atom. The summed E-state index contributed by atoms with van der Waals surface area (Å²) in [5.74, 6) is 2.88. The maximum Gasteiger partial charge on any atom is 0.119 e. The molecule has 2 bridgehead atoms. The van der Waals surface area contributed by atoms with Gasteiger partial charge in [0.25, 0.3) is 0 Å². The van der Waals surface area contributed by atoms with Gasteiger partial charge in [-0.3, -0.25) is 4.90 Å². The van der Waals surface area contributed by atoms with Gasteiger partial charge in [-0.2, -0.15) is 0 Å². The maximum atomic E-state index is 5.77. The molecule has 0 radical (unpaired) electrons. The van der Waals surface area contributed by atoms with Crippen LogP contribution in [0.25, 0.3) is 5.57 Å². The fraction of sp³-hybridized carbons (Fsp3) is 0.462. The fourth-order valence-electron chi connectivity index (χ4n) is 4.79. The molecular weight excluding hydrogens is 378 g/mol. The van der Waals surface area contributed by atoms with Gasteiger partial charge in [-0.1, -0.05) is 61.9 Å². The van der Waals surface area contributed by atoms with Crippen molar-refractivity contribution in [3.8, 4) is 5.75 Å². The molecule has 1 saturated carbocycles. The molecule has 29 heavy (non-hydrogen) atoms. The molecule has 0 N–H and O–H groups in total. The average Bonchev–Trinajstić information content (AvgIpc) is 3.08. The molecule has 1 aliphatic heterocycles. The third kappa shape index (κ3) is 5.87. The van der Waals surface area contributed by atoms with Crippen molar-refractivity contribution < 1.29 is 4.74 Å². The number of hydrogen-bond acceptors (Lipinski definition) is 2. The van der Waals surface area contributed by atoms with Gasteiger partial charge in [0.05, 0.1) is 6.61 Å². The summed E-state index contributed by atoms with van der Waals surface area (Å²) in [5.41, 5.74) is 3.89. The predicted octanol–water partition coefficient (Wildman–Crippen LogP) is 6.45. The van der Waals surface area contributed by atoms with Crippen LogP contribution in [0.1, 0.15) is 50.2 Å². The van der Waals surface area contributed by atoms with E-state index in [1.165, 1.54) is 55.5 Å². The van der Waals surface area contributed by atoms with Crippen LogP contribution in [0.15, 0.2) is 60.7 Å². The van der Waals surface area contributed by atoms with Gasteiger partial charge in [0, 0.05) is 13.1 Å². The van der Waals surface area contributed by atoms with Crippen LogP contribution in [-0.2, 0) is 0 Å². The van der Waals surface area contributed by atoms with Crippen LogP contribution in [0.5, 0.6) is 5.75 Å². The third-order valence-electron chi connectivity index (χ3n) is 6.30. The van der Waals surface area contributed by atoms with Crippen LogP contribution < -0.4 is 4.74 Å². The summed E-state index contributed by atoms with van der Waals surface area (Å²) >= 11 is 0. The Balaban J connectivity index is 0.00000240. The van der Waals surface area contributed by atoms with Crippen molar-refractivity contribution >= 4 is 18.0 Å². The molecule has 3 heteroatoms. The first-order valence-electron chi connectivity index (χ1n) is 11.0. The van der Waals surface area contributed by atoms with Gasteiger partial charge in [0.15, 0.2) is 0 Å². The minimum Gasteiger partial charge on any atom is -0.494 e. The molecule has 2 nitrogen and oxygen atoms in total. The number of ether oxygens (including phenoxy) is 1. The molecule has 0 aromatic heterocycles. The van der Waals surface area contributed by atoms with Crippen molar-refractivity contribution in [3.05, 3.63) is 71.8 Å². The van der Waals surface area contributed by atoms with Gasteiger partial charge in [-0.15, -0.1) is 12.4 Å². The summed E-state index contributed by atoms with van der Waals surface area (Å²) in [6.45, 7) is 6.49. The molecule has 1 heterocycles. The van der Waals surface area contributed by atoms with E-state index in [9.17, 15) is 0 Å². The number of halogens is 1. The van der Waals surface area contributed by atoms with Crippen molar-refractivity contribution in [3.63, 3.8) is 0 Å². The Hall–Kier alpha value is -1.77. The van der Waals surface area contributed by atoms with Gasteiger partial charge in [-0.25, -0.2) is 0 Å². The summed E-state index contributed by atoms with van der Waals surface area (Å²) < 4.78 is 5.77. The van der Waals surface area contributed by atoms with Gasteiger partial charge >= 0.3 is 0 Å². The molecule has 2 aliphatic rings. The molecule has 2 fully saturated rings. The number of hydrogen-bond donors (Lipinski definition) is 0. The zero-order chi connectivity index (χ0) is 19.2.